The van der Waals surface area contributed by atoms with Gasteiger partial charge in [0.15, 0.2) is 0 Å². The van der Waals surface area contributed by atoms with Gasteiger partial charge >= 0.3 is 11.9 Å². The SMILES string of the molecule is C=Cc1cc(-c2ccc(C(=O)O[C@H]3C[C@@H](C)CC[C@@H]3C(C)C)cc2)ccc1-c1ccc(C(=O)O[C@H]2C[C@@H](C)CC[C@@H]2C(C)C)cc1. The van der Waals surface area contributed by atoms with Crippen LogP contribution in [-0.4, -0.2) is 24.1 Å². The number of ether oxygens (including phenoxy) is 2. The molecule has 0 aromatic heterocycles. The van der Waals surface area contributed by atoms with E-state index in [1.807, 2.05) is 54.6 Å². The Balaban J connectivity index is 1.26. The van der Waals surface area contributed by atoms with Gasteiger partial charge in [-0.15, -0.1) is 0 Å². The molecule has 3 aromatic rings. The molecular weight excluding hydrogens is 568 g/mol. The normalized spacial score (nSPS) is 24.9. The Kier molecular flexibility index (Phi) is 10.9. The first kappa shape index (κ1) is 33.7. The predicted octanol–water partition coefficient (Wildman–Crippen LogP) is 10.9. The highest BCUT2D eigenvalue weighted by molar-refractivity contribution is 5.91. The van der Waals surface area contributed by atoms with Crippen molar-refractivity contribution in [3.8, 4) is 22.3 Å². The van der Waals surface area contributed by atoms with Crippen LogP contribution in [0.3, 0.4) is 0 Å². The van der Waals surface area contributed by atoms with E-state index in [0.29, 0.717) is 46.6 Å². The average molecular weight is 621 g/mol. The maximum Gasteiger partial charge on any atom is 0.338 e. The quantitative estimate of drug-likeness (QED) is 0.223. The van der Waals surface area contributed by atoms with E-state index in [2.05, 4.69) is 66.3 Å². The first-order valence-electron chi connectivity index (χ1n) is 17.4. The molecule has 0 N–H and O–H groups in total. The van der Waals surface area contributed by atoms with Crippen molar-refractivity contribution in [2.75, 3.05) is 0 Å². The van der Waals surface area contributed by atoms with Crippen molar-refractivity contribution >= 4 is 18.0 Å². The number of carbonyl (C=O) groups is 2. The minimum atomic E-state index is -0.240. The molecule has 0 unspecified atom stereocenters. The van der Waals surface area contributed by atoms with Crippen LogP contribution < -0.4 is 0 Å². The molecule has 4 heteroatoms. The molecule has 3 aromatic carbocycles. The van der Waals surface area contributed by atoms with Gasteiger partial charge in [0.05, 0.1) is 11.1 Å². The summed E-state index contributed by atoms with van der Waals surface area (Å²) in [6.07, 6.45) is 8.34. The first-order chi connectivity index (χ1) is 22.0. The molecule has 0 spiro atoms. The second-order valence-electron chi connectivity index (χ2n) is 14.7. The highest BCUT2D eigenvalue weighted by atomic mass is 16.5. The van der Waals surface area contributed by atoms with E-state index < -0.39 is 0 Å². The van der Waals surface area contributed by atoms with E-state index >= 15 is 0 Å². The zero-order valence-electron chi connectivity index (χ0n) is 28.6. The molecule has 46 heavy (non-hydrogen) atoms. The first-order valence-corrected chi connectivity index (χ1v) is 17.4. The van der Waals surface area contributed by atoms with Crippen LogP contribution in [0.2, 0.25) is 0 Å². The lowest BCUT2D eigenvalue weighted by atomic mass is 9.75. The maximum atomic E-state index is 13.1. The van der Waals surface area contributed by atoms with Gasteiger partial charge in [-0.05, 0) is 119 Å². The summed E-state index contributed by atoms with van der Waals surface area (Å²) >= 11 is 0. The van der Waals surface area contributed by atoms with Crippen LogP contribution >= 0.6 is 0 Å². The van der Waals surface area contributed by atoms with Crippen molar-refractivity contribution in [1.29, 1.82) is 0 Å². The van der Waals surface area contributed by atoms with Crippen LogP contribution in [0.1, 0.15) is 106 Å². The molecule has 2 aliphatic carbocycles. The van der Waals surface area contributed by atoms with Gasteiger partial charge in [-0.3, -0.25) is 0 Å². The Bertz CT molecular complexity index is 1500. The smallest absolute Gasteiger partial charge is 0.338 e. The van der Waals surface area contributed by atoms with Crippen LogP contribution in [0.15, 0.2) is 73.3 Å². The standard InChI is InChI=1S/C42H52O4/c1-8-30-25-35(31-11-15-33(16-12-31)41(43)45-39-23-28(6)9-20-36(39)26(2)3)19-22-38(30)32-13-17-34(18-14-32)42(44)46-40-24-29(7)10-21-37(40)27(4)5/h8,11-19,22,25-29,36-37,39-40H,1,9-10,20-21,23-24H2,2-7H3/t28-,29-,36+,37+,39-,40-/m0/s1. The van der Waals surface area contributed by atoms with Gasteiger partial charge in [0.2, 0.25) is 0 Å². The fraction of sp³-hybridized carbons (Fsp3) is 0.476. The van der Waals surface area contributed by atoms with Crippen LogP contribution in [0.5, 0.6) is 0 Å². The molecule has 0 radical (unpaired) electrons. The van der Waals surface area contributed by atoms with Crippen molar-refractivity contribution in [3.05, 3.63) is 90.0 Å². The van der Waals surface area contributed by atoms with Crippen LogP contribution in [0.4, 0.5) is 0 Å². The number of hydrogen-bond acceptors (Lipinski definition) is 4. The Morgan fingerprint density at radius 1 is 0.652 bits per heavy atom. The summed E-state index contributed by atoms with van der Waals surface area (Å²) in [5.41, 5.74) is 6.28. The van der Waals surface area contributed by atoms with Crippen molar-refractivity contribution < 1.29 is 19.1 Å². The van der Waals surface area contributed by atoms with Gasteiger partial charge in [-0.25, -0.2) is 9.59 Å². The topological polar surface area (TPSA) is 52.6 Å². The van der Waals surface area contributed by atoms with Gasteiger partial charge in [0.25, 0.3) is 0 Å². The van der Waals surface area contributed by atoms with E-state index in [-0.39, 0.29) is 24.1 Å². The van der Waals surface area contributed by atoms with Crippen molar-refractivity contribution in [1.82, 2.24) is 0 Å². The summed E-state index contributed by atoms with van der Waals surface area (Å²) in [7, 11) is 0. The third-order valence-electron chi connectivity index (χ3n) is 10.6. The lowest BCUT2D eigenvalue weighted by Gasteiger charge is -2.36. The van der Waals surface area contributed by atoms with Crippen LogP contribution in [0.25, 0.3) is 28.3 Å². The summed E-state index contributed by atoms with van der Waals surface area (Å²) in [6.45, 7) is 17.5. The van der Waals surface area contributed by atoms with Crippen molar-refractivity contribution in [2.24, 2.45) is 35.5 Å². The zero-order chi connectivity index (χ0) is 33.0. The Morgan fingerprint density at radius 3 is 1.52 bits per heavy atom. The second-order valence-corrected chi connectivity index (χ2v) is 14.7. The summed E-state index contributed by atoms with van der Waals surface area (Å²) in [5, 5.41) is 0. The summed E-state index contributed by atoms with van der Waals surface area (Å²) < 4.78 is 12.1. The Hall–Kier alpha value is -3.66. The highest BCUT2D eigenvalue weighted by Crippen LogP contribution is 2.37. The molecule has 0 aliphatic heterocycles. The molecule has 4 nitrogen and oxygen atoms in total. The van der Waals surface area contributed by atoms with Gasteiger partial charge in [-0.2, -0.15) is 0 Å². The maximum absolute atomic E-state index is 13.1. The van der Waals surface area contributed by atoms with Gasteiger partial charge in [0.1, 0.15) is 12.2 Å². The number of esters is 2. The zero-order valence-corrected chi connectivity index (χ0v) is 28.6. The number of benzene rings is 3. The van der Waals surface area contributed by atoms with Gasteiger partial charge < -0.3 is 9.47 Å². The van der Waals surface area contributed by atoms with E-state index in [4.69, 9.17) is 9.47 Å². The molecule has 2 fully saturated rings. The van der Waals surface area contributed by atoms with E-state index in [1.165, 1.54) is 12.8 Å². The minimum Gasteiger partial charge on any atom is -0.458 e. The van der Waals surface area contributed by atoms with Crippen molar-refractivity contribution in [2.45, 2.75) is 92.3 Å². The molecule has 0 bridgehead atoms. The number of rotatable bonds is 9. The molecule has 244 valence electrons. The summed E-state index contributed by atoms with van der Waals surface area (Å²) in [5.74, 6) is 2.52. The largest absolute Gasteiger partial charge is 0.458 e. The average Bonchev–Trinajstić information content (AvgIpc) is 3.04. The number of hydrogen-bond donors (Lipinski definition) is 0. The fourth-order valence-corrected chi connectivity index (χ4v) is 7.67. The van der Waals surface area contributed by atoms with Crippen molar-refractivity contribution in [3.63, 3.8) is 0 Å². The van der Waals surface area contributed by atoms with Gasteiger partial charge in [-0.1, -0.05) is 103 Å². The summed E-state index contributed by atoms with van der Waals surface area (Å²) in [4.78, 5) is 26.2. The molecule has 6 atom stereocenters. The van der Waals surface area contributed by atoms with Crippen LogP contribution in [0, 0.1) is 35.5 Å². The van der Waals surface area contributed by atoms with Crippen LogP contribution in [-0.2, 0) is 9.47 Å². The number of carbonyl (C=O) groups excluding carboxylic acids is 2. The molecule has 2 saturated carbocycles. The molecular formula is C42H52O4. The lowest BCUT2D eigenvalue weighted by molar-refractivity contribution is -0.0181. The summed E-state index contributed by atoms with van der Waals surface area (Å²) in [6, 6.07) is 21.7. The van der Waals surface area contributed by atoms with E-state index in [9.17, 15) is 9.59 Å². The third kappa shape index (κ3) is 7.82. The molecule has 0 amide bonds. The predicted molar refractivity (Wildman–Crippen MR) is 188 cm³/mol. The lowest BCUT2D eigenvalue weighted by Crippen LogP contribution is -2.35. The molecule has 0 saturated heterocycles. The molecule has 5 rings (SSSR count). The molecule has 2 aliphatic rings. The second kappa shape index (κ2) is 14.8. The van der Waals surface area contributed by atoms with Gasteiger partial charge in [0, 0.05) is 0 Å². The van der Waals surface area contributed by atoms with E-state index in [1.54, 1.807) is 0 Å². The van der Waals surface area contributed by atoms with E-state index in [0.717, 1.165) is 53.5 Å². The Labute approximate surface area is 276 Å². The fourth-order valence-electron chi connectivity index (χ4n) is 7.67. The molecule has 0 heterocycles. The minimum absolute atomic E-state index is 0.0173. The Morgan fingerprint density at radius 2 is 1.09 bits per heavy atom. The highest BCUT2D eigenvalue weighted by Gasteiger charge is 2.34. The third-order valence-corrected chi connectivity index (χ3v) is 10.6. The monoisotopic (exact) mass is 620 g/mol.